The summed E-state index contributed by atoms with van der Waals surface area (Å²) in [7, 11) is 0. The summed E-state index contributed by atoms with van der Waals surface area (Å²) in [6, 6.07) is 18.9. The van der Waals surface area contributed by atoms with E-state index in [9.17, 15) is 14.0 Å². The molecule has 2 amide bonds. The topological polar surface area (TPSA) is 49.4 Å². The van der Waals surface area contributed by atoms with E-state index in [0.717, 1.165) is 33.1 Å². The van der Waals surface area contributed by atoms with Crippen LogP contribution in [-0.4, -0.2) is 16.5 Å². The standard InChI is InChI=1S/C19H13FN2O2S/c20-13-8-10-14(11-9-13)22-18(23)17(25-19(22)24)21-16-7-3-5-12-4-1-2-6-15(12)16/h1-11,17,21H/t17-/m0/s1. The van der Waals surface area contributed by atoms with Gasteiger partial charge in [0.1, 0.15) is 5.82 Å². The molecular formula is C19H13FN2O2S. The van der Waals surface area contributed by atoms with Gasteiger partial charge < -0.3 is 5.32 Å². The average molecular weight is 352 g/mol. The Labute approximate surface area is 147 Å². The van der Waals surface area contributed by atoms with Crippen molar-refractivity contribution in [3.05, 3.63) is 72.5 Å². The van der Waals surface area contributed by atoms with Crippen LogP contribution < -0.4 is 10.2 Å². The van der Waals surface area contributed by atoms with Gasteiger partial charge in [-0.2, -0.15) is 0 Å². The zero-order chi connectivity index (χ0) is 17.4. The molecule has 0 unspecified atom stereocenters. The molecule has 124 valence electrons. The van der Waals surface area contributed by atoms with Gasteiger partial charge in [-0.3, -0.25) is 9.59 Å². The summed E-state index contributed by atoms with van der Waals surface area (Å²) in [5, 5.41) is 4.08. The lowest BCUT2D eigenvalue weighted by Gasteiger charge is -2.16. The number of rotatable bonds is 3. The number of benzene rings is 3. The number of hydrogen-bond donors (Lipinski definition) is 1. The van der Waals surface area contributed by atoms with Crippen LogP contribution in [0.2, 0.25) is 0 Å². The SMILES string of the molecule is O=C1S[C@H](Nc2cccc3ccccc23)C(=O)N1c1ccc(F)cc1. The van der Waals surface area contributed by atoms with Crippen molar-refractivity contribution in [1.82, 2.24) is 0 Å². The molecule has 0 spiro atoms. The lowest BCUT2D eigenvalue weighted by Crippen LogP contribution is -2.34. The predicted molar refractivity (Wildman–Crippen MR) is 98.2 cm³/mol. The molecule has 0 saturated carbocycles. The van der Waals surface area contributed by atoms with Crippen molar-refractivity contribution >= 4 is 45.1 Å². The number of imide groups is 1. The molecule has 0 aliphatic carbocycles. The molecule has 0 bridgehead atoms. The van der Waals surface area contributed by atoms with Gasteiger partial charge >= 0.3 is 0 Å². The number of nitrogens with zero attached hydrogens (tertiary/aromatic N) is 1. The van der Waals surface area contributed by atoms with Crippen LogP contribution in [0, 0.1) is 5.82 Å². The summed E-state index contributed by atoms with van der Waals surface area (Å²) in [4.78, 5) is 26.0. The molecule has 0 radical (unpaired) electrons. The van der Waals surface area contributed by atoms with Crippen molar-refractivity contribution in [2.24, 2.45) is 0 Å². The molecule has 1 N–H and O–H groups in total. The van der Waals surface area contributed by atoms with E-state index in [0.29, 0.717) is 5.69 Å². The number of fused-ring (bicyclic) bond motifs is 1. The van der Waals surface area contributed by atoms with E-state index in [1.807, 2.05) is 42.5 Å². The fourth-order valence-electron chi connectivity index (χ4n) is 2.82. The molecule has 4 rings (SSSR count). The Bertz CT molecular complexity index is 969. The molecule has 4 nitrogen and oxygen atoms in total. The first-order chi connectivity index (χ1) is 12.1. The maximum atomic E-state index is 13.1. The van der Waals surface area contributed by atoms with Crippen molar-refractivity contribution < 1.29 is 14.0 Å². The molecular weight excluding hydrogens is 339 g/mol. The molecule has 1 fully saturated rings. The molecule has 1 heterocycles. The van der Waals surface area contributed by atoms with Crippen molar-refractivity contribution in [2.75, 3.05) is 10.2 Å². The van der Waals surface area contributed by atoms with Crippen LogP contribution in [0.4, 0.5) is 20.6 Å². The predicted octanol–water partition coefficient (Wildman–Crippen LogP) is 4.62. The number of nitrogens with one attached hydrogen (secondary N) is 1. The summed E-state index contributed by atoms with van der Waals surface area (Å²) < 4.78 is 13.1. The zero-order valence-corrected chi connectivity index (χ0v) is 13.8. The van der Waals surface area contributed by atoms with Crippen LogP contribution in [-0.2, 0) is 4.79 Å². The first-order valence-electron chi connectivity index (χ1n) is 7.68. The number of carbonyl (C=O) groups excluding carboxylic acids is 2. The summed E-state index contributed by atoms with van der Waals surface area (Å²) >= 11 is 0.917. The third-order valence-electron chi connectivity index (χ3n) is 4.01. The van der Waals surface area contributed by atoms with E-state index in [-0.39, 0.29) is 11.1 Å². The van der Waals surface area contributed by atoms with Gasteiger partial charge in [0, 0.05) is 11.1 Å². The second kappa shape index (κ2) is 6.22. The Morgan fingerprint density at radius 3 is 2.44 bits per heavy atom. The molecule has 1 aliphatic rings. The maximum Gasteiger partial charge on any atom is 0.295 e. The highest BCUT2D eigenvalue weighted by Crippen LogP contribution is 2.34. The first-order valence-corrected chi connectivity index (χ1v) is 8.56. The second-order valence-electron chi connectivity index (χ2n) is 5.58. The summed E-state index contributed by atoms with van der Waals surface area (Å²) in [5.74, 6) is -0.782. The van der Waals surface area contributed by atoms with Crippen LogP contribution in [0.5, 0.6) is 0 Å². The quantitative estimate of drug-likeness (QED) is 0.747. The number of hydrogen-bond acceptors (Lipinski definition) is 4. The van der Waals surface area contributed by atoms with Crippen LogP contribution in [0.1, 0.15) is 0 Å². The fourth-order valence-corrected chi connectivity index (χ4v) is 3.71. The summed E-state index contributed by atoms with van der Waals surface area (Å²) in [6.45, 7) is 0. The molecule has 0 aromatic heterocycles. The zero-order valence-electron chi connectivity index (χ0n) is 13.0. The maximum absolute atomic E-state index is 13.1. The average Bonchev–Trinajstić information content (AvgIpc) is 2.90. The molecule has 1 aliphatic heterocycles. The summed E-state index contributed by atoms with van der Waals surface area (Å²) in [6.07, 6.45) is 0. The van der Waals surface area contributed by atoms with Gasteiger partial charge in [-0.1, -0.05) is 36.4 Å². The molecule has 6 heteroatoms. The number of thioether (sulfide) groups is 1. The van der Waals surface area contributed by atoms with Gasteiger partial charge in [-0.25, -0.2) is 9.29 Å². The Morgan fingerprint density at radius 2 is 1.64 bits per heavy atom. The summed E-state index contributed by atoms with van der Waals surface area (Å²) in [5.41, 5.74) is 1.16. The monoisotopic (exact) mass is 352 g/mol. The van der Waals surface area contributed by atoms with Crippen LogP contribution in [0.3, 0.4) is 0 Å². The minimum atomic E-state index is -0.719. The molecule has 1 atom stereocenters. The Hall–Kier alpha value is -2.86. The fraction of sp³-hybridized carbons (Fsp3) is 0.0526. The highest BCUT2D eigenvalue weighted by molar-refractivity contribution is 8.16. The Morgan fingerprint density at radius 1 is 0.920 bits per heavy atom. The highest BCUT2D eigenvalue weighted by atomic mass is 32.2. The Balaban J connectivity index is 1.63. The smallest absolute Gasteiger partial charge is 0.295 e. The number of carbonyl (C=O) groups is 2. The van der Waals surface area contributed by atoms with Crippen LogP contribution in [0.15, 0.2) is 66.7 Å². The second-order valence-corrected chi connectivity index (χ2v) is 6.64. The lowest BCUT2D eigenvalue weighted by atomic mass is 10.1. The number of anilines is 2. The van der Waals surface area contributed by atoms with Gasteiger partial charge in [0.05, 0.1) is 5.69 Å². The van der Waals surface area contributed by atoms with Gasteiger partial charge in [0.25, 0.3) is 11.1 Å². The van der Waals surface area contributed by atoms with Crippen molar-refractivity contribution in [3.8, 4) is 0 Å². The van der Waals surface area contributed by atoms with Gasteiger partial charge in [-0.15, -0.1) is 0 Å². The van der Waals surface area contributed by atoms with E-state index in [1.165, 1.54) is 24.3 Å². The number of halogens is 1. The van der Waals surface area contributed by atoms with Gasteiger partial charge in [-0.05, 0) is 47.5 Å². The first kappa shape index (κ1) is 15.7. The lowest BCUT2D eigenvalue weighted by molar-refractivity contribution is -0.116. The van der Waals surface area contributed by atoms with E-state index in [4.69, 9.17) is 0 Å². The Kier molecular flexibility index (Phi) is 3.89. The third-order valence-corrected chi connectivity index (χ3v) is 4.95. The van der Waals surface area contributed by atoms with Gasteiger partial charge in [0.2, 0.25) is 0 Å². The third kappa shape index (κ3) is 2.85. The van der Waals surface area contributed by atoms with Crippen molar-refractivity contribution in [2.45, 2.75) is 5.37 Å². The van der Waals surface area contributed by atoms with Crippen molar-refractivity contribution in [3.63, 3.8) is 0 Å². The van der Waals surface area contributed by atoms with E-state index in [2.05, 4.69) is 5.32 Å². The molecule has 25 heavy (non-hydrogen) atoms. The molecule has 1 saturated heterocycles. The highest BCUT2D eigenvalue weighted by Gasteiger charge is 2.40. The van der Waals surface area contributed by atoms with E-state index in [1.54, 1.807) is 0 Å². The van der Waals surface area contributed by atoms with Crippen LogP contribution in [0.25, 0.3) is 10.8 Å². The van der Waals surface area contributed by atoms with Crippen LogP contribution >= 0.6 is 11.8 Å². The van der Waals surface area contributed by atoms with E-state index < -0.39 is 11.2 Å². The normalized spacial score (nSPS) is 17.3. The van der Waals surface area contributed by atoms with E-state index >= 15 is 0 Å². The largest absolute Gasteiger partial charge is 0.365 e. The minimum absolute atomic E-state index is 0.366. The van der Waals surface area contributed by atoms with Crippen molar-refractivity contribution in [1.29, 1.82) is 0 Å². The number of amides is 2. The molecule has 3 aromatic carbocycles. The van der Waals surface area contributed by atoms with Gasteiger partial charge in [0.15, 0.2) is 5.37 Å². The minimum Gasteiger partial charge on any atom is -0.365 e. The molecule has 3 aromatic rings.